The summed E-state index contributed by atoms with van der Waals surface area (Å²) in [6, 6.07) is 13.3. The zero-order valence-electron chi connectivity index (χ0n) is 11.6. The number of para-hydroxylation sites is 1. The molecule has 0 unspecified atom stereocenters. The first-order valence-electron chi connectivity index (χ1n) is 6.29. The summed E-state index contributed by atoms with van der Waals surface area (Å²) >= 11 is 0.938. The molecule has 5 nitrogen and oxygen atoms in total. The van der Waals surface area contributed by atoms with Crippen molar-refractivity contribution in [1.29, 1.82) is 0 Å². The average molecular weight is 305 g/mol. The van der Waals surface area contributed by atoms with Gasteiger partial charge in [-0.1, -0.05) is 24.3 Å². The number of rotatable bonds is 5. The molecule has 0 atom stereocenters. The van der Waals surface area contributed by atoms with E-state index in [1.165, 1.54) is 6.07 Å². The highest BCUT2D eigenvalue weighted by molar-refractivity contribution is 7.95. The number of hydrogen-bond donors (Lipinski definition) is 1. The van der Waals surface area contributed by atoms with E-state index in [4.69, 9.17) is 4.18 Å². The minimum atomic E-state index is -0.913. The van der Waals surface area contributed by atoms with Crippen LogP contribution >= 0.6 is 12.0 Å². The zero-order valence-corrected chi connectivity index (χ0v) is 12.5. The average Bonchev–Trinajstić information content (AvgIpc) is 2.45. The first-order chi connectivity index (χ1) is 9.88. The van der Waals surface area contributed by atoms with Gasteiger partial charge in [0.15, 0.2) is 0 Å². The number of nitro benzene ring substituents is 1. The molecule has 0 saturated carbocycles. The van der Waals surface area contributed by atoms with Gasteiger partial charge in [-0.2, -0.15) is 0 Å². The highest BCUT2D eigenvalue weighted by Crippen LogP contribution is 2.31. The van der Waals surface area contributed by atoms with Gasteiger partial charge in [0.25, 0.3) is 5.69 Å². The molecule has 0 amide bonds. The second kappa shape index (κ2) is 6.15. The van der Waals surface area contributed by atoms with E-state index in [-0.39, 0.29) is 5.69 Å². The van der Waals surface area contributed by atoms with Crippen molar-refractivity contribution in [3.63, 3.8) is 0 Å². The molecule has 110 valence electrons. The Morgan fingerprint density at radius 1 is 1.14 bits per heavy atom. The lowest BCUT2D eigenvalue weighted by Crippen LogP contribution is -2.14. The highest BCUT2D eigenvalue weighted by Gasteiger charge is 2.16. The Balaban J connectivity index is 2.09. The molecule has 6 heteroatoms. The number of nitro groups is 1. The van der Waals surface area contributed by atoms with Crippen molar-refractivity contribution in [2.24, 2.45) is 0 Å². The van der Waals surface area contributed by atoms with Crippen molar-refractivity contribution in [2.45, 2.75) is 24.3 Å². The number of hydrogen-bond acceptors (Lipinski definition) is 5. The zero-order chi connectivity index (χ0) is 15.5. The van der Waals surface area contributed by atoms with E-state index in [0.29, 0.717) is 10.6 Å². The predicted molar refractivity (Wildman–Crippen MR) is 81.3 cm³/mol. The molecule has 1 N–H and O–H groups in total. The van der Waals surface area contributed by atoms with E-state index in [1.807, 2.05) is 0 Å². The van der Waals surface area contributed by atoms with E-state index < -0.39 is 10.5 Å². The Hall–Kier alpha value is -2.05. The summed E-state index contributed by atoms with van der Waals surface area (Å²) in [5.41, 5.74) is -0.134. The van der Waals surface area contributed by atoms with Crippen molar-refractivity contribution < 1.29 is 14.2 Å². The molecular weight excluding hydrogens is 290 g/mol. The Bertz CT molecular complexity index is 635. The summed E-state index contributed by atoms with van der Waals surface area (Å²) < 4.78 is 5.48. The molecule has 21 heavy (non-hydrogen) atoms. The van der Waals surface area contributed by atoms with E-state index in [2.05, 4.69) is 0 Å². The first-order valence-corrected chi connectivity index (χ1v) is 7.03. The normalized spacial score (nSPS) is 11.2. The van der Waals surface area contributed by atoms with Gasteiger partial charge in [0.05, 0.1) is 22.6 Å². The highest BCUT2D eigenvalue weighted by atomic mass is 32.2. The predicted octanol–water partition coefficient (Wildman–Crippen LogP) is 3.91. The van der Waals surface area contributed by atoms with Gasteiger partial charge in [-0.15, -0.1) is 0 Å². The summed E-state index contributed by atoms with van der Waals surface area (Å²) in [6.07, 6.45) is 0. The summed E-state index contributed by atoms with van der Waals surface area (Å²) in [5.74, 6) is 0.561. The van der Waals surface area contributed by atoms with Gasteiger partial charge in [0, 0.05) is 6.07 Å². The lowest BCUT2D eigenvalue weighted by molar-refractivity contribution is -0.387. The molecule has 0 aromatic heterocycles. The topological polar surface area (TPSA) is 72.6 Å². The van der Waals surface area contributed by atoms with E-state index >= 15 is 0 Å². The van der Waals surface area contributed by atoms with Gasteiger partial charge in [0.2, 0.25) is 0 Å². The lowest BCUT2D eigenvalue weighted by Gasteiger charge is -2.17. The van der Waals surface area contributed by atoms with E-state index in [9.17, 15) is 15.2 Å². The largest absolute Gasteiger partial charge is 0.420 e. The molecule has 0 aliphatic carbocycles. The van der Waals surface area contributed by atoms with Gasteiger partial charge in [0.1, 0.15) is 10.6 Å². The fourth-order valence-electron chi connectivity index (χ4n) is 1.69. The molecule has 0 saturated heterocycles. The van der Waals surface area contributed by atoms with Crippen LogP contribution in [-0.2, 0) is 5.60 Å². The van der Waals surface area contributed by atoms with Gasteiger partial charge < -0.3 is 9.29 Å². The minimum Gasteiger partial charge on any atom is -0.420 e. The van der Waals surface area contributed by atoms with Crippen molar-refractivity contribution >= 4 is 17.7 Å². The third kappa shape index (κ3) is 3.96. The SMILES string of the molecule is CC(C)(O)c1ccc(OSc2ccccc2[N+](=O)[O-])cc1. The molecule has 0 spiro atoms. The van der Waals surface area contributed by atoms with Gasteiger partial charge in [-0.25, -0.2) is 0 Å². The van der Waals surface area contributed by atoms with E-state index in [1.54, 1.807) is 56.3 Å². The van der Waals surface area contributed by atoms with Gasteiger partial charge >= 0.3 is 0 Å². The van der Waals surface area contributed by atoms with Crippen LogP contribution in [-0.4, -0.2) is 10.0 Å². The number of nitrogens with zero attached hydrogens (tertiary/aromatic N) is 1. The first kappa shape index (κ1) is 15.3. The van der Waals surface area contributed by atoms with Gasteiger partial charge in [-0.05, 0) is 37.6 Å². The third-order valence-corrected chi connectivity index (χ3v) is 3.65. The Kier molecular flexibility index (Phi) is 4.50. The minimum absolute atomic E-state index is 0.00983. The number of aliphatic hydroxyl groups is 1. The summed E-state index contributed by atoms with van der Waals surface area (Å²) in [7, 11) is 0. The second-order valence-corrected chi connectivity index (χ2v) is 5.75. The van der Waals surface area contributed by atoms with Crippen LogP contribution in [0.5, 0.6) is 5.75 Å². The van der Waals surface area contributed by atoms with Crippen molar-refractivity contribution in [1.82, 2.24) is 0 Å². The van der Waals surface area contributed by atoms with E-state index in [0.717, 1.165) is 17.6 Å². The molecule has 0 aliphatic rings. The Morgan fingerprint density at radius 3 is 2.33 bits per heavy atom. The summed E-state index contributed by atoms with van der Waals surface area (Å²) in [6.45, 7) is 3.40. The molecule has 0 heterocycles. The molecule has 0 bridgehead atoms. The van der Waals surface area contributed by atoms with Gasteiger partial charge in [-0.3, -0.25) is 10.1 Å². The Labute approximate surface area is 126 Å². The van der Waals surface area contributed by atoms with Crippen LogP contribution in [0.4, 0.5) is 5.69 Å². The quantitative estimate of drug-likeness (QED) is 0.515. The molecule has 0 aliphatic heterocycles. The van der Waals surface area contributed by atoms with Crippen LogP contribution < -0.4 is 4.18 Å². The second-order valence-electron chi connectivity index (χ2n) is 4.97. The molecule has 2 aromatic rings. The lowest BCUT2D eigenvalue weighted by atomic mass is 9.99. The van der Waals surface area contributed by atoms with Crippen LogP contribution in [0.1, 0.15) is 19.4 Å². The maximum Gasteiger partial charge on any atom is 0.286 e. The van der Waals surface area contributed by atoms with Crippen molar-refractivity contribution in [3.8, 4) is 5.75 Å². The molecular formula is C15H15NO4S. The maximum atomic E-state index is 10.9. The third-order valence-electron chi connectivity index (χ3n) is 2.85. The molecule has 2 aromatic carbocycles. The van der Waals surface area contributed by atoms with Crippen LogP contribution in [0.2, 0.25) is 0 Å². The standard InChI is InChI=1S/C15H15NO4S/c1-15(2,17)11-7-9-12(10-8-11)20-21-14-6-4-3-5-13(14)16(18)19/h3-10,17H,1-2H3. The van der Waals surface area contributed by atoms with Crippen molar-refractivity contribution in [3.05, 3.63) is 64.2 Å². The van der Waals surface area contributed by atoms with Crippen LogP contribution in [0.25, 0.3) is 0 Å². The smallest absolute Gasteiger partial charge is 0.286 e. The molecule has 0 fully saturated rings. The fourth-order valence-corrected chi connectivity index (χ4v) is 2.35. The maximum absolute atomic E-state index is 10.9. The number of benzene rings is 2. The fraction of sp³-hybridized carbons (Fsp3) is 0.200. The molecule has 0 radical (unpaired) electrons. The molecule has 2 rings (SSSR count). The van der Waals surface area contributed by atoms with Crippen molar-refractivity contribution in [2.75, 3.05) is 0 Å². The monoisotopic (exact) mass is 305 g/mol. The summed E-state index contributed by atoms with van der Waals surface area (Å²) in [4.78, 5) is 10.9. The van der Waals surface area contributed by atoms with Crippen LogP contribution in [0.3, 0.4) is 0 Å². The van der Waals surface area contributed by atoms with Crippen LogP contribution in [0, 0.1) is 10.1 Å². The van der Waals surface area contributed by atoms with Crippen LogP contribution in [0.15, 0.2) is 53.4 Å². The Morgan fingerprint density at radius 2 is 1.76 bits per heavy atom. The summed E-state index contributed by atoms with van der Waals surface area (Å²) in [5, 5.41) is 20.8.